The van der Waals surface area contributed by atoms with Gasteiger partial charge in [0.15, 0.2) is 0 Å². The third-order valence-corrected chi connectivity index (χ3v) is 8.77. The van der Waals surface area contributed by atoms with Gasteiger partial charge in [0.25, 0.3) is 10.0 Å². The number of nitrogens with zero attached hydrogens (tertiary/aromatic N) is 3. The van der Waals surface area contributed by atoms with E-state index < -0.39 is 10.0 Å². The minimum Gasteiger partial charge on any atom is -0.475 e. The Bertz CT molecular complexity index is 1490. The molecule has 1 N–H and O–H groups in total. The lowest BCUT2D eigenvalue weighted by Crippen LogP contribution is -2.49. The summed E-state index contributed by atoms with van der Waals surface area (Å²) >= 11 is 0. The third kappa shape index (κ3) is 5.93. The highest BCUT2D eigenvalue weighted by atomic mass is 32.2. The number of benzene rings is 2. The van der Waals surface area contributed by atoms with Crippen LogP contribution in [0.3, 0.4) is 0 Å². The number of sulfonamides is 1. The van der Waals surface area contributed by atoms with E-state index in [4.69, 9.17) is 4.74 Å². The number of aromatic nitrogens is 2. The van der Waals surface area contributed by atoms with Gasteiger partial charge in [-0.3, -0.25) is 4.79 Å². The molecule has 2 atom stereocenters. The maximum atomic E-state index is 13.4. The van der Waals surface area contributed by atoms with Crippen LogP contribution in [0.1, 0.15) is 62.6 Å². The van der Waals surface area contributed by atoms with Gasteiger partial charge >= 0.3 is 0 Å². The van der Waals surface area contributed by atoms with Crippen LogP contribution in [0.15, 0.2) is 53.4 Å². The Morgan fingerprint density at radius 3 is 2.51 bits per heavy atom. The number of likely N-dealkylation sites (tertiary alicyclic amines) is 1. The molecule has 3 aromatic rings. The monoisotopic (exact) mass is 548 g/mol. The standard InChI is InChI=1S/C30H36N4O4S/c1-19-8-6-9-20(2)28(19)25-16-26-32-29(31-25)33-39(36,37)24-11-7-10-21(15-24)22-12-13-34(23(14-22)18-38-26)27(35)17-30(3,4)5/h6-11,15-16,22-23H,12-14,17-18H2,1-5H3,(H,31,32,33). The van der Waals surface area contributed by atoms with Gasteiger partial charge in [0.05, 0.1) is 16.6 Å². The number of ether oxygens (including phenoxy) is 1. The Hall–Kier alpha value is -3.46. The highest BCUT2D eigenvalue weighted by Crippen LogP contribution is 2.36. The van der Waals surface area contributed by atoms with E-state index >= 15 is 0 Å². The molecule has 0 spiro atoms. The molecule has 0 saturated carbocycles. The van der Waals surface area contributed by atoms with E-state index in [2.05, 4.69) is 35.5 Å². The average molecular weight is 549 g/mol. The first-order valence-electron chi connectivity index (χ1n) is 13.4. The third-order valence-electron chi connectivity index (χ3n) is 7.45. The number of nitrogens with one attached hydrogen (secondary N) is 1. The fraction of sp³-hybridized carbons (Fsp3) is 0.433. The van der Waals surface area contributed by atoms with Crippen molar-refractivity contribution in [1.29, 1.82) is 0 Å². The zero-order valence-electron chi connectivity index (χ0n) is 23.2. The van der Waals surface area contributed by atoms with E-state index in [-0.39, 0.29) is 46.6 Å². The molecule has 39 heavy (non-hydrogen) atoms. The van der Waals surface area contributed by atoms with Gasteiger partial charge in [-0.2, -0.15) is 4.98 Å². The molecule has 2 aliphatic heterocycles. The second-order valence-corrected chi connectivity index (χ2v) is 13.6. The second kappa shape index (κ2) is 10.3. The van der Waals surface area contributed by atoms with Crippen molar-refractivity contribution in [2.75, 3.05) is 17.9 Å². The van der Waals surface area contributed by atoms with E-state index in [0.717, 1.165) is 28.7 Å². The average Bonchev–Trinajstić information content (AvgIpc) is 2.85. The SMILES string of the molecule is Cc1cccc(C)c1-c1cc2nc(n1)NS(=O)(=O)c1cccc(c1)C1CCN(C(=O)CC(C)(C)C)C(CO2)C1. The van der Waals surface area contributed by atoms with Gasteiger partial charge in [0.1, 0.15) is 6.61 Å². The number of fused-ring (bicyclic) bond motifs is 7. The van der Waals surface area contributed by atoms with Crippen LogP contribution < -0.4 is 9.46 Å². The van der Waals surface area contributed by atoms with Crippen molar-refractivity contribution < 1.29 is 17.9 Å². The van der Waals surface area contributed by atoms with Crippen molar-refractivity contribution in [3.63, 3.8) is 0 Å². The van der Waals surface area contributed by atoms with Crippen LogP contribution in [0.5, 0.6) is 5.88 Å². The smallest absolute Gasteiger partial charge is 0.264 e. The zero-order valence-corrected chi connectivity index (χ0v) is 24.0. The molecule has 0 radical (unpaired) electrons. The lowest BCUT2D eigenvalue weighted by Gasteiger charge is -2.40. The summed E-state index contributed by atoms with van der Waals surface area (Å²) in [6, 6.07) is 14.6. The number of piperidine rings is 1. The van der Waals surface area contributed by atoms with Crippen LogP contribution in [0.4, 0.5) is 5.95 Å². The molecule has 1 aromatic heterocycles. The summed E-state index contributed by atoms with van der Waals surface area (Å²) in [4.78, 5) is 24.5. The van der Waals surface area contributed by atoms with Gasteiger partial charge in [-0.15, -0.1) is 0 Å². The van der Waals surface area contributed by atoms with Crippen molar-refractivity contribution in [2.24, 2.45) is 5.41 Å². The highest BCUT2D eigenvalue weighted by molar-refractivity contribution is 7.92. The van der Waals surface area contributed by atoms with Crippen LogP contribution in [0.25, 0.3) is 11.3 Å². The van der Waals surface area contributed by atoms with E-state index in [9.17, 15) is 13.2 Å². The number of anilines is 1. The number of hydrogen-bond acceptors (Lipinski definition) is 6. The van der Waals surface area contributed by atoms with E-state index in [1.165, 1.54) is 0 Å². The van der Waals surface area contributed by atoms with Gasteiger partial charge in [-0.25, -0.2) is 18.1 Å². The number of hydrogen-bond donors (Lipinski definition) is 1. The molecule has 8 nitrogen and oxygen atoms in total. The molecule has 9 heteroatoms. The number of carbonyl (C=O) groups excluding carboxylic acids is 1. The fourth-order valence-corrected chi connectivity index (χ4v) is 6.58. The second-order valence-electron chi connectivity index (χ2n) is 11.9. The summed E-state index contributed by atoms with van der Waals surface area (Å²) in [5.74, 6) is 0.416. The van der Waals surface area contributed by atoms with Gasteiger partial charge < -0.3 is 9.64 Å². The van der Waals surface area contributed by atoms with Crippen molar-refractivity contribution in [2.45, 2.75) is 70.7 Å². The zero-order chi connectivity index (χ0) is 27.9. The van der Waals surface area contributed by atoms with Gasteiger partial charge in [-0.05, 0) is 66.8 Å². The van der Waals surface area contributed by atoms with Crippen LogP contribution in [-0.4, -0.2) is 48.4 Å². The molecule has 1 saturated heterocycles. The molecule has 6 bridgehead atoms. The molecule has 206 valence electrons. The minimum absolute atomic E-state index is 0.0570. The number of aryl methyl sites for hydroxylation is 2. The molecule has 2 aromatic carbocycles. The summed E-state index contributed by atoms with van der Waals surface area (Å²) in [5, 5.41) is 0. The van der Waals surface area contributed by atoms with E-state index in [0.29, 0.717) is 25.1 Å². The first-order valence-corrected chi connectivity index (χ1v) is 14.9. The lowest BCUT2D eigenvalue weighted by atomic mass is 9.84. The predicted molar refractivity (Wildman–Crippen MR) is 151 cm³/mol. The summed E-state index contributed by atoms with van der Waals surface area (Å²) in [5.41, 5.74) is 4.29. The highest BCUT2D eigenvalue weighted by Gasteiger charge is 2.35. The molecule has 3 heterocycles. The lowest BCUT2D eigenvalue weighted by molar-refractivity contribution is -0.137. The topological polar surface area (TPSA) is 101 Å². The molecular weight excluding hydrogens is 512 g/mol. The quantitative estimate of drug-likeness (QED) is 0.456. The van der Waals surface area contributed by atoms with Crippen molar-refractivity contribution in [1.82, 2.24) is 14.9 Å². The molecule has 2 unspecified atom stereocenters. The summed E-state index contributed by atoms with van der Waals surface area (Å²) in [6.45, 7) is 11.0. The van der Waals surface area contributed by atoms with E-state index in [1.54, 1.807) is 24.3 Å². The number of amides is 1. The van der Waals surface area contributed by atoms with Crippen molar-refractivity contribution >= 4 is 21.9 Å². The molecule has 2 aliphatic rings. The van der Waals surface area contributed by atoms with Gasteiger partial charge in [0.2, 0.25) is 17.7 Å². The van der Waals surface area contributed by atoms with Crippen LogP contribution in [0.2, 0.25) is 0 Å². The maximum absolute atomic E-state index is 13.4. The Balaban J connectivity index is 1.60. The van der Waals surface area contributed by atoms with Crippen molar-refractivity contribution in [3.05, 3.63) is 65.2 Å². The van der Waals surface area contributed by atoms with Crippen molar-refractivity contribution in [3.8, 4) is 17.1 Å². The van der Waals surface area contributed by atoms with Crippen LogP contribution in [0, 0.1) is 19.3 Å². The van der Waals surface area contributed by atoms with Gasteiger partial charge in [-0.1, -0.05) is 51.1 Å². The van der Waals surface area contributed by atoms with Crippen LogP contribution in [-0.2, 0) is 14.8 Å². The summed E-state index contributed by atoms with van der Waals surface area (Å²) < 4.78 is 35.7. The molecular formula is C30H36N4O4S. The normalized spacial score (nSPS) is 20.5. The first kappa shape index (κ1) is 27.1. The molecule has 5 rings (SSSR count). The summed E-state index contributed by atoms with van der Waals surface area (Å²) in [7, 11) is -3.94. The Labute approximate surface area is 230 Å². The van der Waals surface area contributed by atoms with E-state index in [1.807, 2.05) is 43.0 Å². The fourth-order valence-electron chi connectivity index (χ4n) is 5.58. The number of rotatable bonds is 2. The predicted octanol–water partition coefficient (Wildman–Crippen LogP) is 5.46. The Kier molecular flexibility index (Phi) is 7.13. The Morgan fingerprint density at radius 2 is 1.79 bits per heavy atom. The van der Waals surface area contributed by atoms with Crippen LogP contribution >= 0.6 is 0 Å². The number of carbonyl (C=O) groups is 1. The summed E-state index contributed by atoms with van der Waals surface area (Å²) in [6.07, 6.45) is 1.88. The Morgan fingerprint density at radius 1 is 1.08 bits per heavy atom. The molecule has 0 aliphatic carbocycles. The minimum atomic E-state index is -3.94. The first-order chi connectivity index (χ1) is 18.4. The largest absolute Gasteiger partial charge is 0.475 e. The molecule has 1 amide bonds. The van der Waals surface area contributed by atoms with Gasteiger partial charge in [0, 0.05) is 24.6 Å². The maximum Gasteiger partial charge on any atom is 0.264 e. The molecule has 1 fully saturated rings.